The summed E-state index contributed by atoms with van der Waals surface area (Å²) in [6, 6.07) is 4.00. The maximum absolute atomic E-state index is 10.6. The topological polar surface area (TPSA) is 69.6 Å². The van der Waals surface area contributed by atoms with Gasteiger partial charge in [0.15, 0.2) is 5.60 Å². The van der Waals surface area contributed by atoms with Gasteiger partial charge in [-0.25, -0.2) is 4.79 Å². The zero-order valence-corrected chi connectivity index (χ0v) is 11.3. The number of carboxylic acid groups (broad SMARTS) is 1. The van der Waals surface area contributed by atoms with Crippen LogP contribution in [0.1, 0.15) is 11.8 Å². The van der Waals surface area contributed by atoms with E-state index >= 15 is 0 Å². The minimum absolute atomic E-state index is 0.0505. The maximum Gasteiger partial charge on any atom is 0.336 e. The summed E-state index contributed by atoms with van der Waals surface area (Å²) in [5, 5.41) is 21.0. The van der Waals surface area contributed by atoms with Crippen LogP contribution in [0.5, 0.6) is 0 Å². The highest BCUT2D eigenvalue weighted by Crippen LogP contribution is 2.22. The molecular weight excluding hydrogens is 294 g/mol. The van der Waals surface area contributed by atoms with Crippen molar-refractivity contribution in [3.63, 3.8) is 0 Å². The van der Waals surface area contributed by atoms with Gasteiger partial charge in [-0.05, 0) is 41.4 Å². The van der Waals surface area contributed by atoms with Crippen molar-refractivity contribution in [2.75, 3.05) is 13.1 Å². The smallest absolute Gasteiger partial charge is 0.336 e. The van der Waals surface area contributed by atoms with Crippen molar-refractivity contribution in [1.29, 1.82) is 0 Å². The van der Waals surface area contributed by atoms with E-state index in [9.17, 15) is 9.90 Å². The summed E-state index contributed by atoms with van der Waals surface area (Å²) in [4.78, 5) is 11.8. The Balaban J connectivity index is 2.24. The van der Waals surface area contributed by atoms with Crippen LogP contribution < -0.4 is 5.32 Å². The molecule has 1 aromatic rings. The highest BCUT2D eigenvalue weighted by Gasteiger charge is 2.28. The van der Waals surface area contributed by atoms with E-state index in [0.29, 0.717) is 6.54 Å². The molecule has 0 aliphatic carbocycles. The Labute approximate surface area is 106 Å². The molecule has 0 aromatic carbocycles. The highest BCUT2D eigenvalue weighted by molar-refractivity contribution is 9.11. The predicted molar refractivity (Wildman–Crippen MR) is 66.9 cm³/mol. The molecule has 0 fully saturated rings. The second kappa shape index (κ2) is 5.77. The molecule has 0 saturated carbocycles. The first kappa shape index (κ1) is 13.6. The zero-order valence-electron chi connectivity index (χ0n) is 8.86. The molecule has 0 spiro atoms. The van der Waals surface area contributed by atoms with E-state index in [1.54, 1.807) is 11.3 Å². The van der Waals surface area contributed by atoms with Crippen LogP contribution in [-0.2, 0) is 11.2 Å². The summed E-state index contributed by atoms with van der Waals surface area (Å²) in [7, 11) is 0. The average molecular weight is 308 g/mol. The molecule has 0 amide bonds. The van der Waals surface area contributed by atoms with Crippen molar-refractivity contribution < 1.29 is 15.0 Å². The molecule has 0 saturated heterocycles. The molecule has 0 aliphatic heterocycles. The first-order valence-corrected chi connectivity index (χ1v) is 6.43. The van der Waals surface area contributed by atoms with Crippen LogP contribution in [0.15, 0.2) is 15.9 Å². The molecule has 4 nitrogen and oxygen atoms in total. The second-order valence-electron chi connectivity index (χ2n) is 3.71. The van der Waals surface area contributed by atoms with Crippen molar-refractivity contribution in [3.05, 3.63) is 20.8 Å². The van der Waals surface area contributed by atoms with Gasteiger partial charge >= 0.3 is 5.97 Å². The lowest BCUT2D eigenvalue weighted by molar-refractivity contribution is -0.156. The van der Waals surface area contributed by atoms with Crippen molar-refractivity contribution in [1.82, 2.24) is 5.32 Å². The second-order valence-corrected chi connectivity index (χ2v) is 6.26. The van der Waals surface area contributed by atoms with Crippen LogP contribution in [0.2, 0.25) is 0 Å². The van der Waals surface area contributed by atoms with E-state index < -0.39 is 11.6 Å². The summed E-state index contributed by atoms with van der Waals surface area (Å²) in [5.41, 5.74) is -1.70. The van der Waals surface area contributed by atoms with Gasteiger partial charge in [0, 0.05) is 18.0 Å². The number of aliphatic hydroxyl groups is 1. The van der Waals surface area contributed by atoms with Gasteiger partial charge in [-0.3, -0.25) is 0 Å². The largest absolute Gasteiger partial charge is 0.479 e. The Morgan fingerprint density at radius 3 is 2.81 bits per heavy atom. The maximum atomic E-state index is 10.6. The van der Waals surface area contributed by atoms with Crippen molar-refractivity contribution in [2.45, 2.75) is 18.9 Å². The molecule has 1 atom stereocenters. The van der Waals surface area contributed by atoms with Gasteiger partial charge in [-0.2, -0.15) is 0 Å². The molecule has 16 heavy (non-hydrogen) atoms. The standard InChI is InChI=1S/C10H14BrNO3S/c1-10(15,9(13)14)6-12-5-4-7-2-3-8(11)16-7/h2-3,12,15H,4-6H2,1H3,(H,13,14). The molecule has 0 radical (unpaired) electrons. The molecule has 0 aliphatic rings. The molecule has 1 unspecified atom stereocenters. The van der Waals surface area contributed by atoms with Gasteiger partial charge in [0.05, 0.1) is 3.79 Å². The molecule has 1 aromatic heterocycles. The van der Waals surface area contributed by atoms with Crippen LogP contribution in [-0.4, -0.2) is 34.9 Å². The van der Waals surface area contributed by atoms with Gasteiger partial charge in [-0.1, -0.05) is 0 Å². The average Bonchev–Trinajstić information content (AvgIpc) is 2.59. The number of carboxylic acids is 1. The van der Waals surface area contributed by atoms with Crippen LogP contribution in [0, 0.1) is 0 Å². The summed E-state index contributed by atoms with van der Waals surface area (Å²) in [6.07, 6.45) is 0.825. The Bertz CT molecular complexity index is 365. The predicted octanol–water partition coefficient (Wildman–Crippen LogP) is 1.48. The lowest BCUT2D eigenvalue weighted by Gasteiger charge is -2.18. The number of hydrogen-bond donors (Lipinski definition) is 3. The molecule has 1 heterocycles. The van der Waals surface area contributed by atoms with E-state index in [1.807, 2.05) is 12.1 Å². The lowest BCUT2D eigenvalue weighted by atomic mass is 10.1. The minimum Gasteiger partial charge on any atom is -0.479 e. The van der Waals surface area contributed by atoms with Gasteiger partial charge in [0.25, 0.3) is 0 Å². The fourth-order valence-corrected chi connectivity index (χ4v) is 2.59. The van der Waals surface area contributed by atoms with Crippen LogP contribution in [0.3, 0.4) is 0 Å². The van der Waals surface area contributed by atoms with Crippen LogP contribution >= 0.6 is 27.3 Å². The van der Waals surface area contributed by atoms with Crippen molar-refractivity contribution in [2.24, 2.45) is 0 Å². The lowest BCUT2D eigenvalue weighted by Crippen LogP contribution is -2.45. The Morgan fingerprint density at radius 1 is 1.62 bits per heavy atom. The number of carbonyl (C=O) groups is 1. The number of hydrogen-bond acceptors (Lipinski definition) is 4. The number of rotatable bonds is 6. The third kappa shape index (κ3) is 4.21. The number of thiophene rings is 1. The van der Waals surface area contributed by atoms with Crippen molar-refractivity contribution in [3.8, 4) is 0 Å². The third-order valence-corrected chi connectivity index (χ3v) is 3.79. The molecule has 6 heteroatoms. The van der Waals surface area contributed by atoms with E-state index in [2.05, 4.69) is 21.2 Å². The molecule has 3 N–H and O–H groups in total. The fourth-order valence-electron chi connectivity index (χ4n) is 1.11. The Kier molecular flexibility index (Phi) is 4.91. The van der Waals surface area contributed by atoms with Crippen LogP contribution in [0.25, 0.3) is 0 Å². The summed E-state index contributed by atoms with van der Waals surface area (Å²) < 4.78 is 1.08. The normalized spacial score (nSPS) is 14.7. The van der Waals surface area contributed by atoms with Gasteiger partial charge < -0.3 is 15.5 Å². The molecular formula is C10H14BrNO3S. The van der Waals surface area contributed by atoms with E-state index in [4.69, 9.17) is 5.11 Å². The van der Waals surface area contributed by atoms with Gasteiger partial charge in [0.2, 0.25) is 0 Å². The quantitative estimate of drug-likeness (QED) is 0.696. The Morgan fingerprint density at radius 2 is 2.31 bits per heavy atom. The number of halogens is 1. The molecule has 0 bridgehead atoms. The molecule has 1 rings (SSSR count). The first-order valence-electron chi connectivity index (χ1n) is 4.82. The molecule has 90 valence electrons. The summed E-state index contributed by atoms with van der Waals surface area (Å²) >= 11 is 5.02. The van der Waals surface area contributed by atoms with Gasteiger partial charge in [0.1, 0.15) is 0 Å². The third-order valence-electron chi connectivity index (χ3n) is 2.11. The number of nitrogens with one attached hydrogen (secondary N) is 1. The summed E-state index contributed by atoms with van der Waals surface area (Å²) in [5.74, 6) is -1.21. The number of aliphatic carboxylic acids is 1. The Hall–Kier alpha value is -0.430. The van der Waals surface area contributed by atoms with E-state index in [0.717, 1.165) is 10.2 Å². The monoisotopic (exact) mass is 307 g/mol. The summed E-state index contributed by atoms with van der Waals surface area (Å²) in [6.45, 7) is 1.98. The first-order chi connectivity index (χ1) is 7.42. The minimum atomic E-state index is -1.70. The SMILES string of the molecule is CC(O)(CNCCc1ccc(Br)s1)C(=O)O. The van der Waals surface area contributed by atoms with Gasteiger partial charge in [-0.15, -0.1) is 11.3 Å². The van der Waals surface area contributed by atoms with E-state index in [-0.39, 0.29) is 6.54 Å². The van der Waals surface area contributed by atoms with Crippen molar-refractivity contribution >= 4 is 33.2 Å². The van der Waals surface area contributed by atoms with Crippen LogP contribution in [0.4, 0.5) is 0 Å². The highest BCUT2D eigenvalue weighted by atomic mass is 79.9. The fraction of sp³-hybridized carbons (Fsp3) is 0.500. The van der Waals surface area contributed by atoms with E-state index in [1.165, 1.54) is 11.8 Å². The zero-order chi connectivity index (χ0) is 12.2.